The Morgan fingerprint density at radius 1 is 0.793 bits per heavy atom. The van der Waals surface area contributed by atoms with E-state index in [1.165, 1.54) is 11.3 Å². The zero-order valence-electron chi connectivity index (χ0n) is 15.2. The molecule has 2 aromatic heterocycles. The van der Waals surface area contributed by atoms with Crippen LogP contribution in [0.3, 0.4) is 0 Å². The van der Waals surface area contributed by atoms with Gasteiger partial charge in [0.2, 0.25) is 5.13 Å². The minimum absolute atomic E-state index is 0.632. The Bertz CT molecular complexity index is 1300. The van der Waals surface area contributed by atoms with Crippen molar-refractivity contribution in [3.05, 3.63) is 88.7 Å². The third-order valence-electron chi connectivity index (χ3n) is 4.61. The monoisotopic (exact) mass is 458 g/mol. The average molecular weight is 459 g/mol. The predicted octanol–water partition coefficient (Wildman–Crippen LogP) is 8.14. The number of nitrogens with zero attached hydrogens (tertiary/aromatic N) is 3. The lowest BCUT2D eigenvalue weighted by Crippen LogP contribution is -1.77. The van der Waals surface area contributed by atoms with E-state index in [1.54, 1.807) is 0 Å². The van der Waals surface area contributed by atoms with Gasteiger partial charge in [0.1, 0.15) is 5.69 Å². The summed E-state index contributed by atoms with van der Waals surface area (Å²) in [5, 5.41) is 12.7. The molecule has 4 nitrogen and oxygen atoms in total. The van der Waals surface area contributed by atoms with Gasteiger partial charge in [0.15, 0.2) is 0 Å². The van der Waals surface area contributed by atoms with Crippen LogP contribution in [-0.2, 0) is 0 Å². The molecule has 0 aliphatic heterocycles. The van der Waals surface area contributed by atoms with Crippen LogP contribution in [0.1, 0.15) is 0 Å². The molecule has 5 aromatic rings. The van der Waals surface area contributed by atoms with Crippen molar-refractivity contribution in [1.29, 1.82) is 0 Å². The zero-order chi connectivity index (χ0) is 19.6. The van der Waals surface area contributed by atoms with Crippen LogP contribution in [0.15, 0.2) is 98.9 Å². The van der Waals surface area contributed by atoms with Crippen LogP contribution < -0.4 is 0 Å². The van der Waals surface area contributed by atoms with Crippen LogP contribution in [0.25, 0.3) is 33.4 Å². The lowest BCUT2D eigenvalue weighted by Gasteiger charge is -1.99. The molecule has 0 aliphatic carbocycles. The summed E-state index contributed by atoms with van der Waals surface area (Å²) in [6.07, 6.45) is 0. The molecular formula is C23H15BrN4S. The second-order valence-corrected chi connectivity index (χ2v) is 8.23. The Balaban J connectivity index is 1.53. The molecule has 140 valence electrons. The zero-order valence-corrected chi connectivity index (χ0v) is 17.6. The van der Waals surface area contributed by atoms with Crippen LogP contribution in [0.4, 0.5) is 10.8 Å². The normalized spacial score (nSPS) is 11.5. The Morgan fingerprint density at radius 3 is 2.38 bits per heavy atom. The molecule has 0 saturated carbocycles. The van der Waals surface area contributed by atoms with Crippen LogP contribution in [-0.4, -0.2) is 9.97 Å². The van der Waals surface area contributed by atoms with Crippen LogP contribution >= 0.6 is 27.3 Å². The van der Waals surface area contributed by atoms with Gasteiger partial charge in [0.25, 0.3) is 0 Å². The quantitative estimate of drug-likeness (QED) is 0.271. The number of hydrogen-bond donors (Lipinski definition) is 1. The highest BCUT2D eigenvalue weighted by atomic mass is 79.9. The maximum absolute atomic E-state index is 4.62. The van der Waals surface area contributed by atoms with Gasteiger partial charge in [-0.15, -0.1) is 21.6 Å². The van der Waals surface area contributed by atoms with Gasteiger partial charge in [-0.1, -0.05) is 76.6 Å². The first-order valence-electron chi connectivity index (χ1n) is 9.07. The SMILES string of the molecule is Brc1ccc(-c2csc(N=Nc3c(-c4ccccc4)[nH]c4ccccc34)n2)cc1. The minimum Gasteiger partial charge on any atom is -0.353 e. The smallest absolute Gasteiger partial charge is 0.230 e. The van der Waals surface area contributed by atoms with Crippen molar-refractivity contribution in [2.24, 2.45) is 10.2 Å². The Morgan fingerprint density at radius 2 is 1.55 bits per heavy atom. The second-order valence-electron chi connectivity index (χ2n) is 6.48. The Labute approximate surface area is 180 Å². The third kappa shape index (κ3) is 3.64. The number of para-hydroxylation sites is 1. The number of halogens is 1. The number of azo groups is 1. The summed E-state index contributed by atoms with van der Waals surface area (Å²) < 4.78 is 1.05. The van der Waals surface area contributed by atoms with Gasteiger partial charge in [-0.05, 0) is 18.2 Å². The summed E-state index contributed by atoms with van der Waals surface area (Å²) in [6, 6.07) is 26.4. The summed E-state index contributed by atoms with van der Waals surface area (Å²) in [6.45, 7) is 0. The summed E-state index contributed by atoms with van der Waals surface area (Å²) in [7, 11) is 0. The molecular weight excluding hydrogens is 444 g/mol. The van der Waals surface area contributed by atoms with E-state index >= 15 is 0 Å². The van der Waals surface area contributed by atoms with E-state index in [0.29, 0.717) is 5.13 Å². The third-order valence-corrected chi connectivity index (χ3v) is 5.86. The molecule has 5 rings (SSSR count). The van der Waals surface area contributed by atoms with E-state index in [-0.39, 0.29) is 0 Å². The van der Waals surface area contributed by atoms with E-state index in [0.717, 1.165) is 43.6 Å². The fourth-order valence-electron chi connectivity index (χ4n) is 3.20. The number of fused-ring (bicyclic) bond motifs is 1. The molecule has 0 saturated heterocycles. The Kier molecular flexibility index (Phi) is 4.79. The van der Waals surface area contributed by atoms with Gasteiger partial charge in [0, 0.05) is 31.9 Å². The van der Waals surface area contributed by atoms with Gasteiger partial charge in [0.05, 0.1) is 11.4 Å². The van der Waals surface area contributed by atoms with E-state index in [9.17, 15) is 0 Å². The summed E-state index contributed by atoms with van der Waals surface area (Å²) >= 11 is 4.95. The standard InChI is InChI=1S/C23H15BrN4S/c24-17-12-10-15(11-13-17)20-14-29-23(26-20)28-27-22-18-8-4-5-9-19(18)25-21(22)16-6-2-1-3-7-16/h1-14,25H. The largest absolute Gasteiger partial charge is 0.353 e. The van der Waals surface area contributed by atoms with Crippen LogP contribution in [0.5, 0.6) is 0 Å². The lowest BCUT2D eigenvalue weighted by atomic mass is 10.1. The van der Waals surface area contributed by atoms with Gasteiger partial charge in [-0.2, -0.15) is 0 Å². The average Bonchev–Trinajstić information content (AvgIpc) is 3.38. The van der Waals surface area contributed by atoms with E-state index in [2.05, 4.69) is 60.4 Å². The fraction of sp³-hybridized carbons (Fsp3) is 0. The molecule has 29 heavy (non-hydrogen) atoms. The number of thiazole rings is 1. The topological polar surface area (TPSA) is 53.4 Å². The number of H-pyrrole nitrogens is 1. The second kappa shape index (κ2) is 7.73. The molecule has 3 aromatic carbocycles. The van der Waals surface area contributed by atoms with Crippen LogP contribution in [0, 0.1) is 0 Å². The number of hydrogen-bond acceptors (Lipinski definition) is 4. The summed E-state index contributed by atoms with van der Waals surface area (Å²) in [5.74, 6) is 0. The molecule has 6 heteroatoms. The van der Waals surface area contributed by atoms with Gasteiger partial charge >= 0.3 is 0 Å². The number of benzene rings is 3. The molecule has 0 spiro atoms. The molecule has 0 radical (unpaired) electrons. The molecule has 0 fully saturated rings. The molecule has 0 aliphatic rings. The first-order chi connectivity index (χ1) is 14.3. The van der Waals surface area contributed by atoms with Crippen molar-refractivity contribution in [3.63, 3.8) is 0 Å². The van der Waals surface area contributed by atoms with Gasteiger partial charge in [-0.25, -0.2) is 4.98 Å². The van der Waals surface area contributed by atoms with E-state index in [4.69, 9.17) is 0 Å². The van der Waals surface area contributed by atoms with Crippen molar-refractivity contribution >= 4 is 49.0 Å². The van der Waals surface area contributed by atoms with E-state index in [1.807, 2.05) is 60.0 Å². The van der Waals surface area contributed by atoms with Gasteiger partial charge in [-0.3, -0.25) is 0 Å². The number of rotatable bonds is 4. The fourth-order valence-corrected chi connectivity index (χ4v) is 4.11. The lowest BCUT2D eigenvalue weighted by molar-refractivity contribution is 1.20. The first kappa shape index (κ1) is 18.0. The van der Waals surface area contributed by atoms with E-state index < -0.39 is 0 Å². The molecule has 0 amide bonds. The molecule has 2 heterocycles. The van der Waals surface area contributed by atoms with Crippen molar-refractivity contribution in [3.8, 4) is 22.5 Å². The highest BCUT2D eigenvalue weighted by Crippen LogP contribution is 2.38. The highest BCUT2D eigenvalue weighted by Gasteiger charge is 2.13. The van der Waals surface area contributed by atoms with Crippen molar-refractivity contribution in [2.75, 3.05) is 0 Å². The van der Waals surface area contributed by atoms with Gasteiger partial charge < -0.3 is 4.98 Å². The maximum atomic E-state index is 4.62. The van der Waals surface area contributed by atoms with Crippen molar-refractivity contribution < 1.29 is 0 Å². The minimum atomic E-state index is 0.632. The number of nitrogens with one attached hydrogen (secondary N) is 1. The summed E-state index contributed by atoms with van der Waals surface area (Å²) in [5.41, 5.74) is 5.86. The summed E-state index contributed by atoms with van der Waals surface area (Å²) in [4.78, 5) is 8.10. The Hall–Kier alpha value is -3.09. The van der Waals surface area contributed by atoms with Crippen LogP contribution in [0.2, 0.25) is 0 Å². The maximum Gasteiger partial charge on any atom is 0.230 e. The molecule has 0 bridgehead atoms. The highest BCUT2D eigenvalue weighted by molar-refractivity contribution is 9.10. The molecule has 0 atom stereocenters. The molecule has 0 unspecified atom stereocenters. The number of aromatic nitrogens is 2. The van der Waals surface area contributed by atoms with Crippen molar-refractivity contribution in [2.45, 2.75) is 0 Å². The first-order valence-corrected chi connectivity index (χ1v) is 10.7. The predicted molar refractivity (Wildman–Crippen MR) is 123 cm³/mol. The number of aromatic amines is 1. The molecule has 1 N–H and O–H groups in total. The van der Waals surface area contributed by atoms with Crippen molar-refractivity contribution in [1.82, 2.24) is 9.97 Å².